The predicted molar refractivity (Wildman–Crippen MR) is 58.1 cm³/mol. The average molecular weight is 198 g/mol. The highest BCUT2D eigenvalue weighted by Gasteiger charge is 2.27. The van der Waals surface area contributed by atoms with Gasteiger partial charge in [0.1, 0.15) is 0 Å². The number of nitrogens with zero attached hydrogens (tertiary/aromatic N) is 1. The van der Waals surface area contributed by atoms with Gasteiger partial charge in [0.25, 0.3) is 0 Å². The fourth-order valence-corrected chi connectivity index (χ4v) is 1.84. The van der Waals surface area contributed by atoms with Crippen LogP contribution in [-0.4, -0.2) is 37.0 Å². The molecule has 1 aliphatic heterocycles. The molecule has 0 aromatic heterocycles. The first-order valence-corrected chi connectivity index (χ1v) is 5.62. The van der Waals surface area contributed by atoms with Crippen LogP contribution in [0.25, 0.3) is 0 Å². The second-order valence-corrected chi connectivity index (χ2v) is 4.30. The van der Waals surface area contributed by atoms with Crippen molar-refractivity contribution in [3.05, 3.63) is 0 Å². The molecule has 0 aliphatic carbocycles. The molecule has 0 spiro atoms. The zero-order valence-electron chi connectivity index (χ0n) is 9.55. The van der Waals surface area contributed by atoms with E-state index >= 15 is 0 Å². The number of carbonyl (C=O) groups excluding carboxylic acids is 1. The van der Waals surface area contributed by atoms with E-state index in [1.165, 1.54) is 0 Å². The van der Waals surface area contributed by atoms with Crippen molar-refractivity contribution in [3.63, 3.8) is 0 Å². The Morgan fingerprint density at radius 1 is 1.64 bits per heavy atom. The van der Waals surface area contributed by atoms with E-state index in [1.807, 2.05) is 11.9 Å². The van der Waals surface area contributed by atoms with Crippen LogP contribution in [0.1, 0.15) is 33.1 Å². The van der Waals surface area contributed by atoms with Crippen LogP contribution in [0.15, 0.2) is 0 Å². The lowest BCUT2D eigenvalue weighted by Gasteiger charge is -2.18. The first kappa shape index (κ1) is 11.5. The summed E-state index contributed by atoms with van der Waals surface area (Å²) in [5.74, 6) is 0.951. The largest absolute Gasteiger partial charge is 0.342 e. The smallest absolute Gasteiger partial charge is 0.222 e. The van der Waals surface area contributed by atoms with E-state index in [-0.39, 0.29) is 0 Å². The third-order valence-corrected chi connectivity index (χ3v) is 3.20. The van der Waals surface area contributed by atoms with Crippen molar-refractivity contribution in [2.75, 3.05) is 20.1 Å². The van der Waals surface area contributed by atoms with E-state index in [2.05, 4.69) is 19.2 Å². The molecule has 14 heavy (non-hydrogen) atoms. The van der Waals surface area contributed by atoms with Gasteiger partial charge in [-0.05, 0) is 26.3 Å². The average Bonchev–Trinajstić information content (AvgIpc) is 2.55. The van der Waals surface area contributed by atoms with Gasteiger partial charge in [-0.2, -0.15) is 0 Å². The molecule has 3 nitrogen and oxygen atoms in total. The Kier molecular flexibility index (Phi) is 4.39. The van der Waals surface area contributed by atoms with E-state index in [0.29, 0.717) is 17.9 Å². The molecule has 0 radical (unpaired) electrons. The van der Waals surface area contributed by atoms with Gasteiger partial charge in [-0.25, -0.2) is 0 Å². The second kappa shape index (κ2) is 5.35. The van der Waals surface area contributed by atoms with E-state index in [1.54, 1.807) is 0 Å². The molecule has 1 aliphatic rings. The number of rotatable bonds is 5. The number of hydrogen-bond donors (Lipinski definition) is 1. The van der Waals surface area contributed by atoms with Crippen LogP contribution < -0.4 is 5.32 Å². The van der Waals surface area contributed by atoms with Gasteiger partial charge < -0.3 is 10.2 Å². The Labute approximate surface area is 86.9 Å². The highest BCUT2D eigenvalue weighted by molar-refractivity contribution is 5.78. The molecule has 82 valence electrons. The van der Waals surface area contributed by atoms with Gasteiger partial charge in [0.05, 0.1) is 0 Å². The zero-order valence-corrected chi connectivity index (χ0v) is 9.55. The molecule has 1 saturated heterocycles. The minimum atomic E-state index is 0.347. The molecule has 2 atom stereocenters. The van der Waals surface area contributed by atoms with Crippen molar-refractivity contribution in [2.24, 2.45) is 5.92 Å². The number of amides is 1. The fourth-order valence-electron chi connectivity index (χ4n) is 1.84. The number of nitrogens with one attached hydrogen (secondary N) is 1. The zero-order chi connectivity index (χ0) is 10.6. The van der Waals surface area contributed by atoms with Gasteiger partial charge in [-0.1, -0.05) is 13.3 Å². The normalized spacial score (nSPS) is 24.4. The number of likely N-dealkylation sites (tertiary alicyclic amines) is 1. The van der Waals surface area contributed by atoms with E-state index < -0.39 is 0 Å². The molecule has 0 saturated carbocycles. The summed E-state index contributed by atoms with van der Waals surface area (Å²) in [5.41, 5.74) is 0. The molecule has 3 heteroatoms. The van der Waals surface area contributed by atoms with Crippen LogP contribution in [0, 0.1) is 5.92 Å². The van der Waals surface area contributed by atoms with Crippen LogP contribution in [0.4, 0.5) is 0 Å². The Bertz CT molecular complexity index is 194. The van der Waals surface area contributed by atoms with Gasteiger partial charge in [0, 0.05) is 25.6 Å². The fraction of sp³-hybridized carbons (Fsp3) is 0.909. The Hall–Kier alpha value is -0.570. The van der Waals surface area contributed by atoms with Gasteiger partial charge in [-0.3, -0.25) is 4.79 Å². The van der Waals surface area contributed by atoms with Crippen LogP contribution in [0.3, 0.4) is 0 Å². The van der Waals surface area contributed by atoms with E-state index in [9.17, 15) is 4.79 Å². The summed E-state index contributed by atoms with van der Waals surface area (Å²) in [6.07, 6.45) is 2.95. The topological polar surface area (TPSA) is 32.3 Å². The minimum absolute atomic E-state index is 0.347. The first-order valence-electron chi connectivity index (χ1n) is 5.62. The molecule has 2 unspecified atom stereocenters. The Balaban J connectivity index is 2.28. The van der Waals surface area contributed by atoms with Crippen molar-refractivity contribution in [1.29, 1.82) is 0 Å². The molecule has 1 amide bonds. The number of hydrogen-bond acceptors (Lipinski definition) is 2. The summed E-state index contributed by atoms with van der Waals surface area (Å²) in [7, 11) is 1.96. The van der Waals surface area contributed by atoms with Crippen LogP contribution >= 0.6 is 0 Å². The quantitative estimate of drug-likeness (QED) is 0.721. The number of carbonyl (C=O) groups is 1. The third kappa shape index (κ3) is 2.98. The second-order valence-electron chi connectivity index (χ2n) is 4.30. The minimum Gasteiger partial charge on any atom is -0.342 e. The maximum absolute atomic E-state index is 11.5. The molecule has 1 heterocycles. The van der Waals surface area contributed by atoms with Crippen molar-refractivity contribution >= 4 is 5.91 Å². The monoisotopic (exact) mass is 198 g/mol. The van der Waals surface area contributed by atoms with Gasteiger partial charge in [-0.15, -0.1) is 0 Å². The van der Waals surface area contributed by atoms with E-state index in [0.717, 1.165) is 32.4 Å². The molecule has 1 N–H and O–H groups in total. The van der Waals surface area contributed by atoms with Crippen molar-refractivity contribution in [3.8, 4) is 0 Å². The van der Waals surface area contributed by atoms with Crippen molar-refractivity contribution < 1.29 is 4.79 Å². The predicted octanol–water partition coefficient (Wildman–Crippen LogP) is 1.24. The summed E-state index contributed by atoms with van der Waals surface area (Å²) >= 11 is 0. The van der Waals surface area contributed by atoms with Gasteiger partial charge >= 0.3 is 0 Å². The lowest BCUT2D eigenvalue weighted by molar-refractivity contribution is -0.127. The molecule has 1 rings (SSSR count). The summed E-state index contributed by atoms with van der Waals surface area (Å²) in [6.45, 7) is 6.21. The molecular weight excluding hydrogens is 176 g/mol. The molecule has 0 aromatic rings. The van der Waals surface area contributed by atoms with Crippen LogP contribution in [0.5, 0.6) is 0 Å². The van der Waals surface area contributed by atoms with Crippen LogP contribution in [0.2, 0.25) is 0 Å². The third-order valence-electron chi connectivity index (χ3n) is 3.20. The van der Waals surface area contributed by atoms with Gasteiger partial charge in [0.15, 0.2) is 0 Å². The van der Waals surface area contributed by atoms with E-state index in [4.69, 9.17) is 0 Å². The summed E-state index contributed by atoms with van der Waals surface area (Å²) in [5, 5.41) is 3.19. The van der Waals surface area contributed by atoms with Crippen molar-refractivity contribution in [1.82, 2.24) is 10.2 Å². The standard InChI is InChI=1S/C11H22N2O/c1-4-10-7-11(14)13(8-10)6-5-9(2)12-3/h9-10,12H,4-8H2,1-3H3. The van der Waals surface area contributed by atoms with Crippen molar-refractivity contribution in [2.45, 2.75) is 39.2 Å². The maximum Gasteiger partial charge on any atom is 0.222 e. The maximum atomic E-state index is 11.5. The summed E-state index contributed by atoms with van der Waals surface area (Å²) < 4.78 is 0. The summed E-state index contributed by atoms with van der Waals surface area (Å²) in [4.78, 5) is 13.6. The molecular formula is C11H22N2O. The highest BCUT2D eigenvalue weighted by atomic mass is 16.2. The lowest BCUT2D eigenvalue weighted by atomic mass is 10.1. The van der Waals surface area contributed by atoms with Crippen LogP contribution in [-0.2, 0) is 4.79 Å². The van der Waals surface area contributed by atoms with Gasteiger partial charge in [0.2, 0.25) is 5.91 Å². The molecule has 1 fully saturated rings. The Morgan fingerprint density at radius 2 is 2.36 bits per heavy atom. The Morgan fingerprint density at radius 3 is 2.86 bits per heavy atom. The molecule has 0 bridgehead atoms. The lowest BCUT2D eigenvalue weighted by Crippen LogP contribution is -2.31. The SMILES string of the molecule is CCC1CC(=O)N(CCC(C)NC)C1. The first-order chi connectivity index (χ1) is 6.67. The molecule has 0 aromatic carbocycles. The summed E-state index contributed by atoms with van der Waals surface area (Å²) in [6, 6.07) is 0.503. The highest BCUT2D eigenvalue weighted by Crippen LogP contribution is 2.20.